The Kier molecular flexibility index (Phi) is 10.5. The van der Waals surface area contributed by atoms with E-state index in [0.29, 0.717) is 54.4 Å². The van der Waals surface area contributed by atoms with Gasteiger partial charge in [0.15, 0.2) is 17.8 Å². The summed E-state index contributed by atoms with van der Waals surface area (Å²) >= 11 is 0. The van der Waals surface area contributed by atoms with Gasteiger partial charge in [-0.3, -0.25) is 4.79 Å². The van der Waals surface area contributed by atoms with Crippen LogP contribution >= 0.6 is 0 Å². The van der Waals surface area contributed by atoms with Gasteiger partial charge in [0, 0.05) is 35.8 Å². The SMILES string of the molecule is CN.COc1cc2ncnc(Nc3ccc(F)c(C)c3)c2cc1OCCNCc1ccc(C#CC=O)cc1. The molecule has 8 nitrogen and oxygen atoms in total. The van der Waals surface area contributed by atoms with E-state index in [-0.39, 0.29) is 5.82 Å². The third-order valence-electron chi connectivity index (χ3n) is 5.44. The summed E-state index contributed by atoms with van der Waals surface area (Å²) in [7, 11) is 3.08. The van der Waals surface area contributed by atoms with E-state index < -0.39 is 0 Å². The molecule has 0 amide bonds. The molecule has 0 radical (unpaired) electrons. The molecule has 0 aliphatic rings. The van der Waals surface area contributed by atoms with Crippen molar-refractivity contribution in [3.05, 3.63) is 83.4 Å². The Hall–Kier alpha value is -4.52. The van der Waals surface area contributed by atoms with Crippen LogP contribution in [0.15, 0.2) is 60.9 Å². The Labute approximate surface area is 221 Å². The lowest BCUT2D eigenvalue weighted by molar-refractivity contribution is -0.103. The summed E-state index contributed by atoms with van der Waals surface area (Å²) in [5.41, 5.74) is 8.35. The van der Waals surface area contributed by atoms with Gasteiger partial charge in [0.05, 0.1) is 12.6 Å². The Morgan fingerprint density at radius 3 is 2.55 bits per heavy atom. The first kappa shape index (κ1) is 28.1. The number of aromatic nitrogens is 2. The number of methoxy groups -OCH3 is 1. The number of hydrogen-bond donors (Lipinski definition) is 3. The number of aldehydes is 1. The molecule has 38 heavy (non-hydrogen) atoms. The first-order valence-electron chi connectivity index (χ1n) is 11.9. The fraction of sp³-hybridized carbons (Fsp3) is 0.207. The number of halogens is 1. The van der Waals surface area contributed by atoms with Gasteiger partial charge in [-0.25, -0.2) is 14.4 Å². The van der Waals surface area contributed by atoms with E-state index in [1.54, 1.807) is 32.2 Å². The van der Waals surface area contributed by atoms with Crippen molar-refractivity contribution in [3.63, 3.8) is 0 Å². The van der Waals surface area contributed by atoms with Crippen molar-refractivity contribution in [1.82, 2.24) is 15.3 Å². The number of benzene rings is 3. The van der Waals surface area contributed by atoms with Crippen LogP contribution < -0.4 is 25.8 Å². The summed E-state index contributed by atoms with van der Waals surface area (Å²) < 4.78 is 25.2. The molecule has 0 saturated carbocycles. The van der Waals surface area contributed by atoms with E-state index in [2.05, 4.69) is 38.2 Å². The number of nitrogens with two attached hydrogens (primary N) is 1. The van der Waals surface area contributed by atoms with Gasteiger partial charge in [-0.2, -0.15) is 0 Å². The number of carbonyl (C=O) groups excluding carboxylic acids is 1. The molecule has 1 aromatic heterocycles. The largest absolute Gasteiger partial charge is 0.493 e. The molecule has 0 fully saturated rings. The van der Waals surface area contributed by atoms with Gasteiger partial charge in [0.1, 0.15) is 24.6 Å². The predicted molar refractivity (Wildman–Crippen MR) is 147 cm³/mol. The van der Waals surface area contributed by atoms with Crippen LogP contribution in [0.3, 0.4) is 0 Å². The lowest BCUT2D eigenvalue weighted by Crippen LogP contribution is -2.20. The van der Waals surface area contributed by atoms with E-state index >= 15 is 0 Å². The molecule has 0 unspecified atom stereocenters. The first-order chi connectivity index (χ1) is 18.6. The highest BCUT2D eigenvalue weighted by Crippen LogP contribution is 2.34. The number of anilines is 2. The quantitative estimate of drug-likeness (QED) is 0.173. The van der Waals surface area contributed by atoms with Gasteiger partial charge in [0.2, 0.25) is 0 Å². The number of nitrogens with zero attached hydrogens (tertiary/aromatic N) is 2. The number of aryl methyl sites for hydroxylation is 1. The summed E-state index contributed by atoms with van der Waals surface area (Å²) in [4.78, 5) is 19.1. The van der Waals surface area contributed by atoms with Gasteiger partial charge < -0.3 is 25.8 Å². The molecular weight excluding hydrogens is 485 g/mol. The van der Waals surface area contributed by atoms with Crippen molar-refractivity contribution in [3.8, 4) is 23.3 Å². The van der Waals surface area contributed by atoms with Crippen molar-refractivity contribution >= 4 is 28.7 Å². The van der Waals surface area contributed by atoms with E-state index in [9.17, 15) is 9.18 Å². The highest BCUT2D eigenvalue weighted by Gasteiger charge is 2.12. The average Bonchev–Trinajstić information content (AvgIpc) is 2.95. The van der Waals surface area contributed by atoms with Crippen molar-refractivity contribution in [2.24, 2.45) is 5.73 Å². The van der Waals surface area contributed by atoms with Crippen LogP contribution in [0.1, 0.15) is 16.7 Å². The van der Waals surface area contributed by atoms with Crippen molar-refractivity contribution in [1.29, 1.82) is 0 Å². The van der Waals surface area contributed by atoms with Gasteiger partial charge >= 0.3 is 0 Å². The van der Waals surface area contributed by atoms with Crippen molar-refractivity contribution in [2.75, 3.05) is 32.6 Å². The molecule has 9 heteroatoms. The Bertz CT molecular complexity index is 1430. The topological polar surface area (TPSA) is 111 Å². The van der Waals surface area contributed by atoms with E-state index in [1.807, 2.05) is 30.3 Å². The van der Waals surface area contributed by atoms with E-state index in [0.717, 1.165) is 22.2 Å². The van der Waals surface area contributed by atoms with Crippen molar-refractivity contribution in [2.45, 2.75) is 13.5 Å². The number of fused-ring (bicyclic) bond motifs is 1. The molecule has 0 spiro atoms. The summed E-state index contributed by atoms with van der Waals surface area (Å²) in [5.74, 6) is 6.62. The van der Waals surface area contributed by atoms with Gasteiger partial charge in [0.25, 0.3) is 0 Å². The zero-order chi connectivity index (χ0) is 27.3. The normalized spacial score (nSPS) is 10.0. The maximum Gasteiger partial charge on any atom is 0.193 e. The van der Waals surface area contributed by atoms with Crippen LogP contribution in [0.4, 0.5) is 15.9 Å². The lowest BCUT2D eigenvalue weighted by atomic mass is 10.1. The van der Waals surface area contributed by atoms with Crippen LogP contribution in [0.5, 0.6) is 11.5 Å². The second-order valence-electron chi connectivity index (χ2n) is 7.94. The summed E-state index contributed by atoms with van der Waals surface area (Å²) in [6, 6.07) is 16.1. The Morgan fingerprint density at radius 2 is 1.84 bits per heavy atom. The molecule has 196 valence electrons. The maximum atomic E-state index is 13.6. The molecule has 0 aliphatic heterocycles. The summed E-state index contributed by atoms with van der Waals surface area (Å²) in [6.45, 7) is 3.40. The van der Waals surface area contributed by atoms with Gasteiger partial charge in [-0.1, -0.05) is 18.1 Å². The molecule has 3 aromatic carbocycles. The highest BCUT2D eigenvalue weighted by molar-refractivity contribution is 5.93. The van der Waals surface area contributed by atoms with Crippen LogP contribution in [0, 0.1) is 24.6 Å². The van der Waals surface area contributed by atoms with Crippen LogP contribution in [-0.2, 0) is 11.3 Å². The van der Waals surface area contributed by atoms with Gasteiger partial charge in [-0.05, 0) is 67.4 Å². The lowest BCUT2D eigenvalue weighted by Gasteiger charge is -2.14. The second-order valence-corrected chi connectivity index (χ2v) is 7.94. The number of ether oxygens (including phenoxy) is 2. The highest BCUT2D eigenvalue weighted by atomic mass is 19.1. The van der Waals surface area contributed by atoms with Crippen molar-refractivity contribution < 1.29 is 18.7 Å². The van der Waals surface area contributed by atoms with Gasteiger partial charge in [-0.15, -0.1) is 0 Å². The number of nitrogens with one attached hydrogen (secondary N) is 2. The molecule has 0 saturated heterocycles. The van der Waals surface area contributed by atoms with Crippen LogP contribution in [0.2, 0.25) is 0 Å². The molecule has 0 atom stereocenters. The second kappa shape index (κ2) is 14.3. The van der Waals surface area contributed by atoms with Crippen LogP contribution in [-0.4, -0.2) is 43.6 Å². The zero-order valence-electron chi connectivity index (χ0n) is 21.5. The Balaban J connectivity index is 0.00000195. The average molecular weight is 516 g/mol. The number of hydrogen-bond acceptors (Lipinski definition) is 8. The maximum absolute atomic E-state index is 13.6. The molecule has 0 bridgehead atoms. The minimum Gasteiger partial charge on any atom is -0.493 e. The molecule has 1 heterocycles. The third-order valence-corrected chi connectivity index (χ3v) is 5.44. The monoisotopic (exact) mass is 515 g/mol. The number of rotatable bonds is 9. The smallest absolute Gasteiger partial charge is 0.193 e. The number of carbonyl (C=O) groups is 1. The molecular formula is C29H30FN5O3. The minimum absolute atomic E-state index is 0.261. The fourth-order valence-electron chi connectivity index (χ4n) is 3.58. The summed E-state index contributed by atoms with van der Waals surface area (Å²) in [5, 5.41) is 7.33. The fourth-order valence-corrected chi connectivity index (χ4v) is 3.58. The van der Waals surface area contributed by atoms with E-state index in [4.69, 9.17) is 9.47 Å². The van der Waals surface area contributed by atoms with E-state index in [1.165, 1.54) is 19.4 Å². The summed E-state index contributed by atoms with van der Waals surface area (Å²) in [6.07, 6.45) is 2.04. The molecule has 4 aromatic rings. The zero-order valence-corrected chi connectivity index (χ0v) is 21.5. The Morgan fingerprint density at radius 1 is 1.05 bits per heavy atom. The first-order valence-corrected chi connectivity index (χ1v) is 11.9. The predicted octanol–water partition coefficient (Wildman–Crippen LogP) is 4.12. The third kappa shape index (κ3) is 7.49. The molecule has 4 N–H and O–H groups in total. The minimum atomic E-state index is -0.261. The van der Waals surface area contributed by atoms with Crippen LogP contribution in [0.25, 0.3) is 10.9 Å². The molecule has 4 rings (SSSR count). The standard InChI is InChI=1S/C28H25FN4O3.CH5N/c1-19-14-22(9-10-24(19)29)33-28-23-15-27(26(35-2)16-25(23)31-18-32-28)36-13-11-30-17-21-7-5-20(6-8-21)4-3-12-34;1-2/h5-10,12,14-16,18,30H,11,13,17H2,1-2H3,(H,31,32,33);2H2,1H3. The molecule has 0 aliphatic carbocycles.